The lowest BCUT2D eigenvalue weighted by Gasteiger charge is -2.48. The van der Waals surface area contributed by atoms with Crippen molar-refractivity contribution in [3.63, 3.8) is 0 Å². The fraction of sp³-hybridized carbons (Fsp3) is 0.389. The second-order valence-electron chi connectivity index (χ2n) is 6.26. The van der Waals surface area contributed by atoms with Crippen LogP contribution in [0, 0.1) is 5.82 Å². The van der Waals surface area contributed by atoms with Gasteiger partial charge in [0.15, 0.2) is 5.76 Å². The SMILES string of the molecule is O=C(c1ccc(-c2ccccc2F)o1)N1CCOC2(CCC2)C1. The van der Waals surface area contributed by atoms with Crippen molar-refractivity contribution in [2.24, 2.45) is 0 Å². The molecule has 0 N–H and O–H groups in total. The van der Waals surface area contributed by atoms with E-state index < -0.39 is 0 Å². The van der Waals surface area contributed by atoms with E-state index in [2.05, 4.69) is 0 Å². The second kappa shape index (κ2) is 5.49. The number of carbonyl (C=O) groups is 1. The molecule has 2 fully saturated rings. The van der Waals surface area contributed by atoms with Crippen LogP contribution in [0.5, 0.6) is 0 Å². The molecule has 120 valence electrons. The van der Waals surface area contributed by atoms with E-state index in [1.54, 1.807) is 35.2 Å². The average molecular weight is 315 g/mol. The van der Waals surface area contributed by atoms with Crippen molar-refractivity contribution < 1.29 is 18.3 Å². The molecule has 2 aromatic rings. The highest BCUT2D eigenvalue weighted by Crippen LogP contribution is 2.38. The van der Waals surface area contributed by atoms with Crippen molar-refractivity contribution in [3.8, 4) is 11.3 Å². The molecule has 1 saturated heterocycles. The number of ether oxygens (including phenoxy) is 1. The van der Waals surface area contributed by atoms with E-state index in [4.69, 9.17) is 9.15 Å². The van der Waals surface area contributed by atoms with Crippen LogP contribution in [0.4, 0.5) is 4.39 Å². The smallest absolute Gasteiger partial charge is 0.289 e. The van der Waals surface area contributed by atoms with Crippen LogP contribution < -0.4 is 0 Å². The molecule has 4 nitrogen and oxygen atoms in total. The highest BCUT2D eigenvalue weighted by Gasteiger charge is 2.43. The lowest BCUT2D eigenvalue weighted by molar-refractivity contribution is -0.142. The number of halogens is 1. The zero-order chi connectivity index (χ0) is 15.9. The highest BCUT2D eigenvalue weighted by atomic mass is 19.1. The molecular formula is C18H18FNO3. The Hall–Kier alpha value is -2.14. The second-order valence-corrected chi connectivity index (χ2v) is 6.26. The first-order valence-electron chi connectivity index (χ1n) is 7.95. The number of hydrogen-bond acceptors (Lipinski definition) is 3. The Balaban J connectivity index is 1.54. The lowest BCUT2D eigenvalue weighted by atomic mass is 9.79. The van der Waals surface area contributed by atoms with Gasteiger partial charge in [-0.2, -0.15) is 0 Å². The molecule has 0 radical (unpaired) electrons. The van der Waals surface area contributed by atoms with Gasteiger partial charge in [0, 0.05) is 6.54 Å². The van der Waals surface area contributed by atoms with Crippen LogP contribution in [0.2, 0.25) is 0 Å². The number of amides is 1. The van der Waals surface area contributed by atoms with Crippen molar-refractivity contribution in [2.75, 3.05) is 19.7 Å². The van der Waals surface area contributed by atoms with Crippen molar-refractivity contribution >= 4 is 5.91 Å². The van der Waals surface area contributed by atoms with Crippen molar-refractivity contribution in [1.29, 1.82) is 0 Å². The van der Waals surface area contributed by atoms with Gasteiger partial charge in [-0.05, 0) is 43.5 Å². The fourth-order valence-electron chi connectivity index (χ4n) is 3.31. The number of hydrogen-bond donors (Lipinski definition) is 0. The quantitative estimate of drug-likeness (QED) is 0.852. The van der Waals surface area contributed by atoms with Crippen molar-refractivity contribution in [3.05, 3.63) is 48.0 Å². The summed E-state index contributed by atoms with van der Waals surface area (Å²) in [5.74, 6) is 0.112. The maximum absolute atomic E-state index is 13.8. The number of morpholine rings is 1. The molecule has 0 atom stereocenters. The zero-order valence-electron chi connectivity index (χ0n) is 12.8. The first kappa shape index (κ1) is 14.5. The Kier molecular flexibility index (Phi) is 3.45. The molecule has 2 heterocycles. The van der Waals surface area contributed by atoms with Gasteiger partial charge in [-0.15, -0.1) is 0 Å². The Morgan fingerprint density at radius 1 is 1.17 bits per heavy atom. The molecule has 0 bridgehead atoms. The largest absolute Gasteiger partial charge is 0.451 e. The van der Waals surface area contributed by atoms with Gasteiger partial charge in [0.05, 0.1) is 24.3 Å². The number of carbonyl (C=O) groups excluding carboxylic acids is 1. The molecule has 1 spiro atoms. The molecule has 5 heteroatoms. The van der Waals surface area contributed by atoms with Crippen LogP contribution in [0.15, 0.2) is 40.8 Å². The van der Waals surface area contributed by atoms with Gasteiger partial charge >= 0.3 is 0 Å². The van der Waals surface area contributed by atoms with Gasteiger partial charge in [-0.3, -0.25) is 4.79 Å². The summed E-state index contributed by atoms with van der Waals surface area (Å²) in [6.07, 6.45) is 3.17. The predicted molar refractivity (Wildman–Crippen MR) is 82.5 cm³/mol. The van der Waals surface area contributed by atoms with Gasteiger partial charge in [-0.1, -0.05) is 12.1 Å². The molecule has 4 rings (SSSR count). The molecule has 23 heavy (non-hydrogen) atoms. The topological polar surface area (TPSA) is 42.7 Å². The molecule has 1 aromatic heterocycles. The van der Waals surface area contributed by atoms with E-state index in [9.17, 15) is 9.18 Å². The van der Waals surface area contributed by atoms with Crippen LogP contribution in [0.1, 0.15) is 29.8 Å². The molecule has 1 aliphatic heterocycles. The van der Waals surface area contributed by atoms with E-state index in [1.807, 2.05) is 0 Å². The average Bonchev–Trinajstić information content (AvgIpc) is 3.03. The van der Waals surface area contributed by atoms with E-state index in [1.165, 1.54) is 6.07 Å². The minimum atomic E-state index is -0.361. The molecule has 0 unspecified atom stereocenters. The number of furan rings is 1. The Labute approximate surface area is 133 Å². The highest BCUT2D eigenvalue weighted by molar-refractivity contribution is 5.92. The van der Waals surface area contributed by atoms with E-state index in [-0.39, 0.29) is 23.1 Å². The van der Waals surface area contributed by atoms with Gasteiger partial charge < -0.3 is 14.1 Å². The van der Waals surface area contributed by atoms with Crippen LogP contribution >= 0.6 is 0 Å². The Bertz CT molecular complexity index is 735. The third-order valence-corrected chi connectivity index (χ3v) is 4.76. The molecule has 2 aliphatic rings. The minimum absolute atomic E-state index is 0.144. The summed E-state index contributed by atoms with van der Waals surface area (Å²) >= 11 is 0. The molecule has 1 amide bonds. The summed E-state index contributed by atoms with van der Waals surface area (Å²) in [5, 5.41) is 0. The molecule has 1 saturated carbocycles. The predicted octanol–water partition coefficient (Wildman–Crippen LogP) is 3.48. The van der Waals surface area contributed by atoms with Gasteiger partial charge in [0.25, 0.3) is 5.91 Å². The summed E-state index contributed by atoms with van der Waals surface area (Å²) in [7, 11) is 0. The molecule has 1 aliphatic carbocycles. The van der Waals surface area contributed by atoms with Crippen LogP contribution in [0.3, 0.4) is 0 Å². The monoisotopic (exact) mass is 315 g/mol. The van der Waals surface area contributed by atoms with Gasteiger partial charge in [-0.25, -0.2) is 4.39 Å². The third-order valence-electron chi connectivity index (χ3n) is 4.76. The summed E-state index contributed by atoms with van der Waals surface area (Å²) in [5.41, 5.74) is 0.221. The van der Waals surface area contributed by atoms with E-state index in [0.717, 1.165) is 19.3 Å². The van der Waals surface area contributed by atoms with E-state index in [0.29, 0.717) is 31.0 Å². The Morgan fingerprint density at radius 2 is 2.00 bits per heavy atom. The first-order valence-corrected chi connectivity index (χ1v) is 7.95. The van der Waals surface area contributed by atoms with Crippen LogP contribution in [0.25, 0.3) is 11.3 Å². The summed E-state index contributed by atoms with van der Waals surface area (Å²) in [6.45, 7) is 1.74. The van der Waals surface area contributed by atoms with Crippen molar-refractivity contribution in [1.82, 2.24) is 4.90 Å². The van der Waals surface area contributed by atoms with Gasteiger partial charge in [0.1, 0.15) is 11.6 Å². The summed E-state index contributed by atoms with van der Waals surface area (Å²) < 4.78 is 25.3. The lowest BCUT2D eigenvalue weighted by Crippen LogP contribution is -2.57. The maximum Gasteiger partial charge on any atom is 0.289 e. The molecule has 1 aromatic carbocycles. The minimum Gasteiger partial charge on any atom is -0.451 e. The van der Waals surface area contributed by atoms with E-state index >= 15 is 0 Å². The van der Waals surface area contributed by atoms with Crippen LogP contribution in [-0.4, -0.2) is 36.1 Å². The number of nitrogens with zero attached hydrogens (tertiary/aromatic N) is 1. The Morgan fingerprint density at radius 3 is 2.74 bits per heavy atom. The standard InChI is InChI=1S/C18H18FNO3/c19-14-5-2-1-4-13(14)15-6-7-16(23-15)17(21)20-10-11-22-18(12-20)8-3-9-18/h1-2,4-7H,3,8-12H2. The third kappa shape index (κ3) is 2.55. The van der Waals surface area contributed by atoms with Gasteiger partial charge in [0.2, 0.25) is 0 Å². The zero-order valence-corrected chi connectivity index (χ0v) is 12.8. The number of rotatable bonds is 2. The number of benzene rings is 1. The maximum atomic E-state index is 13.8. The van der Waals surface area contributed by atoms with Crippen LogP contribution in [-0.2, 0) is 4.74 Å². The fourth-order valence-corrected chi connectivity index (χ4v) is 3.31. The first-order chi connectivity index (χ1) is 11.2. The summed E-state index contributed by atoms with van der Waals surface area (Å²) in [4.78, 5) is 14.4. The summed E-state index contributed by atoms with van der Waals surface area (Å²) in [6, 6.07) is 9.64. The normalized spacial score (nSPS) is 19.6. The van der Waals surface area contributed by atoms with Crippen molar-refractivity contribution in [2.45, 2.75) is 24.9 Å². The molecular weight excluding hydrogens is 297 g/mol.